The minimum atomic E-state index is -3.74. The molecule has 0 saturated heterocycles. The smallest absolute Gasteiger partial charge is 0.291 e. The predicted molar refractivity (Wildman–Crippen MR) is 154 cm³/mol. The van der Waals surface area contributed by atoms with E-state index >= 15 is 0 Å². The van der Waals surface area contributed by atoms with Gasteiger partial charge in [0.15, 0.2) is 0 Å². The standard InChI is InChI=1S/C28H27F2N3O2S3/c1-5-28(29,30)20-12-17(3)25(18(4)13-20)24-15-36-27(33-24)26-23(31)14-21(37-26)9-6-16(2)19-7-10-22(11-8-19)38(32,34)35/h5,7-8,10-15H,1-2,6,9,31H2,3-4H3,(H2,32,34,35). The van der Waals surface area contributed by atoms with Gasteiger partial charge >= 0.3 is 0 Å². The second-order valence-electron chi connectivity index (χ2n) is 9.02. The van der Waals surface area contributed by atoms with E-state index in [1.165, 1.54) is 35.6 Å². The van der Waals surface area contributed by atoms with Gasteiger partial charge in [0.05, 0.1) is 21.2 Å². The fraction of sp³-hybridized carbons (Fsp3) is 0.179. The van der Waals surface area contributed by atoms with E-state index in [0.717, 1.165) is 37.2 Å². The number of aromatic nitrogens is 1. The molecule has 38 heavy (non-hydrogen) atoms. The van der Waals surface area contributed by atoms with Crippen molar-refractivity contribution in [3.63, 3.8) is 0 Å². The molecule has 4 N–H and O–H groups in total. The van der Waals surface area contributed by atoms with Gasteiger partial charge in [-0.25, -0.2) is 18.5 Å². The Bertz CT molecular complexity index is 1610. The Hall–Kier alpha value is -3.18. The summed E-state index contributed by atoms with van der Waals surface area (Å²) in [4.78, 5) is 6.79. The normalized spacial score (nSPS) is 12.0. The van der Waals surface area contributed by atoms with Crippen LogP contribution < -0.4 is 10.9 Å². The maximum absolute atomic E-state index is 14.1. The van der Waals surface area contributed by atoms with E-state index in [1.807, 2.05) is 11.4 Å². The summed E-state index contributed by atoms with van der Waals surface area (Å²) >= 11 is 3.02. The zero-order valence-corrected chi connectivity index (χ0v) is 23.4. The molecule has 0 aliphatic rings. The monoisotopic (exact) mass is 571 g/mol. The Balaban J connectivity index is 1.51. The summed E-state index contributed by atoms with van der Waals surface area (Å²) in [6.45, 7) is 11.0. The number of alkyl halides is 2. The first-order chi connectivity index (χ1) is 17.8. The maximum Gasteiger partial charge on any atom is 0.291 e. The first-order valence-corrected chi connectivity index (χ1v) is 14.8. The Morgan fingerprint density at radius 2 is 1.76 bits per heavy atom. The van der Waals surface area contributed by atoms with Crippen molar-refractivity contribution in [3.05, 3.63) is 94.2 Å². The van der Waals surface area contributed by atoms with Gasteiger partial charge in [0.25, 0.3) is 5.92 Å². The topological polar surface area (TPSA) is 99.1 Å². The van der Waals surface area contributed by atoms with Gasteiger partial charge in [0, 0.05) is 21.4 Å². The van der Waals surface area contributed by atoms with Crippen molar-refractivity contribution in [2.45, 2.75) is 37.5 Å². The number of nitrogens with zero attached hydrogens (tertiary/aromatic N) is 1. The molecule has 0 saturated carbocycles. The van der Waals surface area contributed by atoms with Crippen molar-refractivity contribution < 1.29 is 17.2 Å². The molecular weight excluding hydrogens is 545 g/mol. The van der Waals surface area contributed by atoms with E-state index in [2.05, 4.69) is 13.2 Å². The van der Waals surface area contributed by atoms with Gasteiger partial charge in [-0.2, -0.15) is 8.78 Å². The summed E-state index contributed by atoms with van der Waals surface area (Å²) in [5.74, 6) is -3.09. The van der Waals surface area contributed by atoms with E-state index in [9.17, 15) is 17.2 Å². The summed E-state index contributed by atoms with van der Waals surface area (Å²) in [6.07, 6.45) is 2.02. The second kappa shape index (κ2) is 10.5. The molecule has 4 rings (SSSR count). The maximum atomic E-state index is 14.1. The summed E-state index contributed by atoms with van der Waals surface area (Å²) in [7, 11) is -3.74. The Morgan fingerprint density at radius 3 is 2.34 bits per heavy atom. The molecule has 0 aliphatic carbocycles. The lowest BCUT2D eigenvalue weighted by molar-refractivity contribution is 0.0524. The van der Waals surface area contributed by atoms with Crippen molar-refractivity contribution in [2.24, 2.45) is 5.14 Å². The summed E-state index contributed by atoms with van der Waals surface area (Å²) < 4.78 is 51.2. The third-order valence-electron chi connectivity index (χ3n) is 6.20. The van der Waals surface area contributed by atoms with E-state index in [1.54, 1.807) is 37.3 Å². The lowest BCUT2D eigenvalue weighted by Gasteiger charge is -2.16. The molecular formula is C28H27F2N3O2S3. The van der Waals surface area contributed by atoms with Crippen molar-refractivity contribution in [1.29, 1.82) is 0 Å². The van der Waals surface area contributed by atoms with Gasteiger partial charge in [-0.05, 0) is 85.4 Å². The van der Waals surface area contributed by atoms with Crippen LogP contribution in [0.25, 0.3) is 26.7 Å². The number of thiophene rings is 1. The van der Waals surface area contributed by atoms with Gasteiger partial charge in [0.2, 0.25) is 10.0 Å². The number of allylic oxidation sites excluding steroid dienone is 2. The molecule has 2 aromatic carbocycles. The number of sulfonamides is 1. The van der Waals surface area contributed by atoms with E-state index in [0.29, 0.717) is 35.7 Å². The van der Waals surface area contributed by atoms with Crippen LogP contribution in [0, 0.1) is 13.8 Å². The first-order valence-electron chi connectivity index (χ1n) is 11.6. The van der Waals surface area contributed by atoms with Crippen LogP contribution in [-0.4, -0.2) is 13.4 Å². The Morgan fingerprint density at radius 1 is 1.13 bits per heavy atom. The van der Waals surface area contributed by atoms with E-state index in [4.69, 9.17) is 15.9 Å². The van der Waals surface area contributed by atoms with Crippen LogP contribution >= 0.6 is 22.7 Å². The van der Waals surface area contributed by atoms with Crippen LogP contribution in [0.15, 0.2) is 72.0 Å². The molecule has 10 heteroatoms. The number of hydrogen-bond donors (Lipinski definition) is 2. The van der Waals surface area contributed by atoms with Crippen molar-refractivity contribution in [2.75, 3.05) is 5.73 Å². The van der Waals surface area contributed by atoms with Gasteiger partial charge < -0.3 is 5.73 Å². The molecule has 0 unspecified atom stereocenters. The van der Waals surface area contributed by atoms with Gasteiger partial charge in [-0.3, -0.25) is 0 Å². The van der Waals surface area contributed by atoms with Gasteiger partial charge in [-0.1, -0.05) is 25.3 Å². The fourth-order valence-corrected chi connectivity index (χ4v) is 6.73. The van der Waals surface area contributed by atoms with Gasteiger partial charge in [0.1, 0.15) is 5.01 Å². The lowest BCUT2D eigenvalue weighted by Crippen LogP contribution is -2.11. The Kier molecular flexibility index (Phi) is 7.72. The zero-order valence-electron chi connectivity index (χ0n) is 20.9. The highest BCUT2D eigenvalue weighted by Gasteiger charge is 2.28. The lowest BCUT2D eigenvalue weighted by atomic mass is 9.95. The summed E-state index contributed by atoms with van der Waals surface area (Å²) in [5.41, 5.74) is 11.6. The largest absolute Gasteiger partial charge is 0.397 e. The number of nitrogens with two attached hydrogens (primary N) is 2. The fourth-order valence-electron chi connectivity index (χ4n) is 4.22. The average molecular weight is 572 g/mol. The van der Waals surface area contributed by atoms with E-state index in [-0.39, 0.29) is 10.5 Å². The van der Waals surface area contributed by atoms with Crippen molar-refractivity contribution in [1.82, 2.24) is 4.98 Å². The number of thiazole rings is 1. The number of rotatable bonds is 9. The van der Waals surface area contributed by atoms with Crippen LogP contribution in [0.4, 0.5) is 14.5 Å². The molecule has 5 nitrogen and oxygen atoms in total. The van der Waals surface area contributed by atoms with Crippen molar-refractivity contribution >= 4 is 44.0 Å². The molecule has 0 amide bonds. The highest BCUT2D eigenvalue weighted by molar-refractivity contribution is 7.89. The second-order valence-corrected chi connectivity index (χ2v) is 12.6. The molecule has 0 spiro atoms. The third-order valence-corrected chi connectivity index (χ3v) is 9.34. The number of anilines is 1. The Labute approximate surface area is 229 Å². The van der Waals surface area contributed by atoms with Crippen LogP contribution in [0.1, 0.15) is 33.6 Å². The molecule has 4 aromatic rings. The zero-order chi connectivity index (χ0) is 27.8. The average Bonchev–Trinajstić information content (AvgIpc) is 3.48. The minimum Gasteiger partial charge on any atom is -0.397 e. The first kappa shape index (κ1) is 27.8. The predicted octanol–water partition coefficient (Wildman–Crippen LogP) is 7.31. The quantitative estimate of drug-likeness (QED) is 0.206. The highest BCUT2D eigenvalue weighted by atomic mass is 32.2. The SMILES string of the molecule is C=CC(F)(F)c1cc(C)c(-c2csc(-c3sc(CCC(=C)c4ccc(S(N)(=O)=O)cc4)cc3N)n2)c(C)c1. The van der Waals surface area contributed by atoms with Crippen LogP contribution in [0.5, 0.6) is 0 Å². The number of hydrogen-bond acceptors (Lipinski definition) is 6. The van der Waals surface area contributed by atoms with Crippen LogP contribution in [0.3, 0.4) is 0 Å². The van der Waals surface area contributed by atoms with Gasteiger partial charge in [-0.15, -0.1) is 22.7 Å². The molecule has 2 aromatic heterocycles. The molecule has 0 bridgehead atoms. The number of nitrogen functional groups attached to an aromatic ring is 1. The molecule has 0 fully saturated rings. The van der Waals surface area contributed by atoms with E-state index < -0.39 is 15.9 Å². The third kappa shape index (κ3) is 5.78. The number of benzene rings is 2. The molecule has 198 valence electrons. The van der Waals surface area contributed by atoms with Crippen LogP contribution in [-0.2, 0) is 22.4 Å². The number of primary sulfonamides is 1. The molecule has 0 atom stereocenters. The highest BCUT2D eigenvalue weighted by Crippen LogP contribution is 2.41. The number of halogens is 2. The number of aryl methyl sites for hydroxylation is 3. The van der Waals surface area contributed by atoms with Crippen LogP contribution in [0.2, 0.25) is 0 Å². The molecule has 2 heterocycles. The minimum absolute atomic E-state index is 0.0589. The van der Waals surface area contributed by atoms with Crippen molar-refractivity contribution in [3.8, 4) is 21.1 Å². The molecule has 0 aliphatic heterocycles. The summed E-state index contributed by atoms with van der Waals surface area (Å²) in [5, 5.41) is 7.85. The summed E-state index contributed by atoms with van der Waals surface area (Å²) in [6, 6.07) is 11.2. The molecule has 0 radical (unpaired) electrons.